The number of piperazine rings is 1. The number of nitrogens with zero attached hydrogens (tertiary/aromatic N) is 1. The third-order valence-corrected chi connectivity index (χ3v) is 7.32. The highest BCUT2D eigenvalue weighted by molar-refractivity contribution is 7.91. The van der Waals surface area contributed by atoms with Crippen molar-refractivity contribution in [2.45, 2.75) is 43.4 Å². The van der Waals surface area contributed by atoms with E-state index in [9.17, 15) is 8.42 Å². The van der Waals surface area contributed by atoms with Gasteiger partial charge >= 0.3 is 0 Å². The second-order valence-corrected chi connectivity index (χ2v) is 9.24. The first-order chi connectivity index (χ1) is 8.73. The van der Waals surface area contributed by atoms with Gasteiger partial charge in [0.15, 0.2) is 0 Å². The van der Waals surface area contributed by atoms with Gasteiger partial charge in [0, 0.05) is 30.6 Å². The van der Waals surface area contributed by atoms with Crippen molar-refractivity contribution in [3.8, 4) is 0 Å². The van der Waals surface area contributed by atoms with Gasteiger partial charge in [-0.25, -0.2) is 8.42 Å². The van der Waals surface area contributed by atoms with Gasteiger partial charge in [0.05, 0.1) is 0 Å². The van der Waals surface area contributed by atoms with Gasteiger partial charge in [0.25, 0.3) is 10.0 Å². The normalized spacial score (nSPS) is 21.5. The fraction of sp³-hybridized carbons (Fsp3) is 0.692. The maximum Gasteiger partial charge on any atom is 0.252 e. The fourth-order valence-corrected chi connectivity index (χ4v) is 5.28. The molecule has 0 radical (unpaired) electrons. The van der Waals surface area contributed by atoms with Crippen molar-refractivity contribution >= 4 is 33.8 Å². The molecule has 1 unspecified atom stereocenters. The Labute approximate surface area is 132 Å². The lowest BCUT2D eigenvalue weighted by atomic mass is 9.95. The highest BCUT2D eigenvalue weighted by Crippen LogP contribution is 2.33. The van der Waals surface area contributed by atoms with Crippen molar-refractivity contribution in [3.05, 3.63) is 17.0 Å². The molecule has 0 amide bonds. The van der Waals surface area contributed by atoms with E-state index in [2.05, 4.69) is 26.1 Å². The first-order valence-electron chi connectivity index (χ1n) is 6.56. The number of halogens is 1. The molecule has 1 fully saturated rings. The van der Waals surface area contributed by atoms with Crippen LogP contribution in [0.1, 0.15) is 32.6 Å². The summed E-state index contributed by atoms with van der Waals surface area (Å²) in [7, 11) is -3.34. The molecule has 0 spiro atoms. The van der Waals surface area contributed by atoms with Crippen LogP contribution < -0.4 is 5.32 Å². The first-order valence-corrected chi connectivity index (χ1v) is 8.81. The van der Waals surface area contributed by atoms with Crippen LogP contribution >= 0.6 is 23.7 Å². The van der Waals surface area contributed by atoms with E-state index in [1.54, 1.807) is 10.4 Å². The largest absolute Gasteiger partial charge is 0.314 e. The molecule has 1 aromatic heterocycles. The van der Waals surface area contributed by atoms with Gasteiger partial charge in [-0.2, -0.15) is 4.31 Å². The molecule has 1 aliphatic heterocycles. The van der Waals surface area contributed by atoms with E-state index >= 15 is 0 Å². The van der Waals surface area contributed by atoms with Crippen LogP contribution in [0.4, 0.5) is 0 Å². The minimum Gasteiger partial charge on any atom is -0.314 e. The molecule has 1 aromatic rings. The van der Waals surface area contributed by atoms with Crippen LogP contribution in [-0.4, -0.2) is 38.4 Å². The van der Waals surface area contributed by atoms with Crippen molar-refractivity contribution in [3.63, 3.8) is 0 Å². The van der Waals surface area contributed by atoms with Crippen LogP contribution in [0, 0.1) is 0 Å². The molecule has 0 saturated carbocycles. The second-order valence-electron chi connectivity index (χ2n) is 6.04. The van der Waals surface area contributed by atoms with E-state index in [1.165, 1.54) is 11.3 Å². The van der Waals surface area contributed by atoms with E-state index in [1.807, 2.05) is 13.0 Å². The molecular formula is C13H23ClN2O2S2. The predicted octanol–water partition coefficient (Wildman–Crippen LogP) is 2.45. The predicted molar refractivity (Wildman–Crippen MR) is 86.5 cm³/mol. The molecule has 4 nitrogen and oxygen atoms in total. The Morgan fingerprint density at radius 2 is 2.00 bits per heavy atom. The summed E-state index contributed by atoms with van der Waals surface area (Å²) in [5.74, 6) is 0. The lowest BCUT2D eigenvalue weighted by Gasteiger charge is -2.32. The Morgan fingerprint density at radius 1 is 1.35 bits per heavy atom. The van der Waals surface area contributed by atoms with E-state index < -0.39 is 10.0 Å². The zero-order valence-corrected chi connectivity index (χ0v) is 14.8. The minimum atomic E-state index is -3.34. The summed E-state index contributed by atoms with van der Waals surface area (Å²) in [6.07, 6.45) is 0. The Morgan fingerprint density at radius 3 is 2.50 bits per heavy atom. The zero-order valence-electron chi connectivity index (χ0n) is 12.3. The van der Waals surface area contributed by atoms with Crippen LogP contribution in [0.3, 0.4) is 0 Å². The summed E-state index contributed by atoms with van der Waals surface area (Å²) in [4.78, 5) is 1.11. The molecule has 0 aliphatic carbocycles. The van der Waals surface area contributed by atoms with Gasteiger partial charge in [-0.3, -0.25) is 0 Å². The molecule has 2 heterocycles. The fourth-order valence-electron chi connectivity index (χ4n) is 2.16. The quantitative estimate of drug-likeness (QED) is 0.901. The second kappa shape index (κ2) is 6.32. The summed E-state index contributed by atoms with van der Waals surface area (Å²) >= 11 is 1.39. The Bertz CT molecular complexity index is 549. The van der Waals surface area contributed by atoms with Gasteiger partial charge < -0.3 is 5.32 Å². The van der Waals surface area contributed by atoms with Gasteiger partial charge in [0.2, 0.25) is 0 Å². The lowest BCUT2D eigenvalue weighted by molar-refractivity contribution is 0.284. The summed E-state index contributed by atoms with van der Waals surface area (Å²) in [5, 5.41) is 3.21. The monoisotopic (exact) mass is 338 g/mol. The van der Waals surface area contributed by atoms with Gasteiger partial charge in [-0.1, -0.05) is 20.8 Å². The molecule has 0 bridgehead atoms. The van der Waals surface area contributed by atoms with E-state index in [-0.39, 0.29) is 23.9 Å². The number of rotatable bonds is 2. The van der Waals surface area contributed by atoms with Crippen molar-refractivity contribution in [1.29, 1.82) is 0 Å². The average Bonchev–Trinajstić information content (AvgIpc) is 2.78. The van der Waals surface area contributed by atoms with E-state index in [0.717, 1.165) is 18.0 Å². The van der Waals surface area contributed by atoms with Crippen LogP contribution in [0.15, 0.2) is 16.3 Å². The third-order valence-electron chi connectivity index (χ3n) is 3.32. The molecule has 0 aromatic carbocycles. The Balaban J connectivity index is 0.00000200. The molecular weight excluding hydrogens is 316 g/mol. The van der Waals surface area contributed by atoms with Crippen LogP contribution in [0.5, 0.6) is 0 Å². The van der Waals surface area contributed by atoms with Crippen LogP contribution in [0.2, 0.25) is 0 Å². The van der Waals surface area contributed by atoms with Gasteiger partial charge in [0.1, 0.15) is 4.21 Å². The van der Waals surface area contributed by atoms with E-state index in [4.69, 9.17) is 0 Å². The molecule has 1 atom stereocenters. The Hall–Kier alpha value is -0.140. The number of hydrogen-bond donors (Lipinski definition) is 1. The third kappa shape index (κ3) is 3.54. The smallest absolute Gasteiger partial charge is 0.252 e. The van der Waals surface area contributed by atoms with E-state index in [0.29, 0.717) is 10.8 Å². The number of hydrogen-bond acceptors (Lipinski definition) is 4. The standard InChI is InChI=1S/C13H22N2O2S2.ClH/c1-10-9-14-7-8-15(10)19(16,17)12-6-5-11(18-12)13(2,3)4;/h5-6,10,14H,7-9H2,1-4H3;1H. The highest BCUT2D eigenvalue weighted by atomic mass is 35.5. The van der Waals surface area contributed by atoms with Crippen LogP contribution in [-0.2, 0) is 15.4 Å². The van der Waals surface area contributed by atoms with Crippen molar-refractivity contribution in [2.24, 2.45) is 0 Å². The van der Waals surface area contributed by atoms with Gasteiger partial charge in [-0.05, 0) is 24.5 Å². The average molecular weight is 339 g/mol. The van der Waals surface area contributed by atoms with Crippen molar-refractivity contribution < 1.29 is 8.42 Å². The Kier molecular flexibility index (Phi) is 5.66. The summed E-state index contributed by atoms with van der Waals surface area (Å²) in [5.41, 5.74) is -0.00644. The zero-order chi connectivity index (χ0) is 14.3. The summed E-state index contributed by atoms with van der Waals surface area (Å²) < 4.78 is 27.4. The summed E-state index contributed by atoms with van der Waals surface area (Å²) in [6, 6.07) is 3.69. The van der Waals surface area contributed by atoms with Crippen molar-refractivity contribution in [2.75, 3.05) is 19.6 Å². The number of nitrogens with one attached hydrogen (secondary N) is 1. The molecule has 7 heteroatoms. The molecule has 20 heavy (non-hydrogen) atoms. The molecule has 116 valence electrons. The SMILES string of the molecule is CC1CNCCN1S(=O)(=O)c1ccc(C(C)(C)C)s1.Cl. The van der Waals surface area contributed by atoms with Crippen molar-refractivity contribution in [1.82, 2.24) is 9.62 Å². The lowest BCUT2D eigenvalue weighted by Crippen LogP contribution is -2.51. The summed E-state index contributed by atoms with van der Waals surface area (Å²) in [6.45, 7) is 10.2. The molecule has 2 rings (SSSR count). The minimum absolute atomic E-state index is 0. The number of thiophene rings is 1. The highest BCUT2D eigenvalue weighted by Gasteiger charge is 2.32. The molecule has 1 N–H and O–H groups in total. The number of sulfonamides is 1. The van der Waals surface area contributed by atoms with Gasteiger partial charge in [-0.15, -0.1) is 23.7 Å². The maximum atomic E-state index is 12.6. The molecule has 1 saturated heterocycles. The topological polar surface area (TPSA) is 49.4 Å². The molecule has 1 aliphatic rings. The van der Waals surface area contributed by atoms with Crippen LogP contribution in [0.25, 0.3) is 0 Å². The maximum absolute atomic E-state index is 12.6. The first kappa shape index (κ1) is 17.9.